The van der Waals surface area contributed by atoms with Crippen LogP contribution in [-0.4, -0.2) is 13.2 Å². The Hall–Kier alpha value is -1.66. The highest BCUT2D eigenvalue weighted by Gasteiger charge is 2.21. The molecule has 0 bridgehead atoms. The maximum Gasteiger partial charge on any atom is 0.185 e. The van der Waals surface area contributed by atoms with Gasteiger partial charge in [-0.3, -0.25) is 0 Å². The van der Waals surface area contributed by atoms with Crippen LogP contribution in [-0.2, 0) is 9.47 Å². The largest absolute Gasteiger partial charge is 0.346 e. The van der Waals surface area contributed by atoms with Crippen molar-refractivity contribution in [1.82, 2.24) is 0 Å². The van der Waals surface area contributed by atoms with Crippen molar-refractivity contribution < 1.29 is 9.47 Å². The number of nitriles is 2. The molecule has 0 saturated carbocycles. The summed E-state index contributed by atoms with van der Waals surface area (Å²) in [5.41, 5.74) is 0.965. The summed E-state index contributed by atoms with van der Waals surface area (Å²) < 4.78 is 10.8. The van der Waals surface area contributed by atoms with Crippen molar-refractivity contribution in [2.24, 2.45) is 0 Å². The van der Waals surface area contributed by atoms with Crippen LogP contribution < -0.4 is 0 Å². The normalized spacial score (nSPS) is 15.4. The fourth-order valence-corrected chi connectivity index (χ4v) is 2.25. The number of ether oxygens (including phenoxy) is 2. The summed E-state index contributed by atoms with van der Waals surface area (Å²) in [7, 11) is 0. The Bertz CT molecular complexity index is 471. The second-order valence-electron chi connectivity index (χ2n) is 3.10. The van der Waals surface area contributed by atoms with Gasteiger partial charge in [0, 0.05) is 10.4 Å². The van der Waals surface area contributed by atoms with Crippen LogP contribution in [0.15, 0.2) is 17.0 Å². The lowest BCUT2D eigenvalue weighted by molar-refractivity contribution is -0.0439. The van der Waals surface area contributed by atoms with E-state index in [0.717, 1.165) is 10.4 Å². The first-order chi connectivity index (χ1) is 7.85. The second kappa shape index (κ2) is 4.91. The van der Waals surface area contributed by atoms with Gasteiger partial charge in [0.1, 0.15) is 17.7 Å². The topological polar surface area (TPSA) is 66.0 Å². The van der Waals surface area contributed by atoms with E-state index >= 15 is 0 Å². The predicted molar refractivity (Wildman–Crippen MR) is 58.2 cm³/mol. The van der Waals surface area contributed by atoms with Crippen LogP contribution in [0.2, 0.25) is 0 Å². The SMILES string of the molecule is N#CC(C#N)=Cc1sccc1C1OCCO1. The van der Waals surface area contributed by atoms with Crippen LogP contribution in [0.4, 0.5) is 0 Å². The second-order valence-corrected chi connectivity index (χ2v) is 4.04. The zero-order chi connectivity index (χ0) is 11.4. The van der Waals surface area contributed by atoms with Gasteiger partial charge < -0.3 is 9.47 Å². The molecular weight excluding hydrogens is 224 g/mol. The van der Waals surface area contributed by atoms with E-state index in [9.17, 15) is 0 Å². The van der Waals surface area contributed by atoms with Gasteiger partial charge in [0.25, 0.3) is 0 Å². The predicted octanol–water partition coefficient (Wildman–Crippen LogP) is 2.22. The van der Waals surface area contributed by atoms with E-state index in [4.69, 9.17) is 20.0 Å². The molecule has 0 N–H and O–H groups in total. The fraction of sp³-hybridized carbons (Fsp3) is 0.273. The van der Waals surface area contributed by atoms with E-state index in [0.29, 0.717) is 13.2 Å². The average Bonchev–Trinajstić information content (AvgIpc) is 2.95. The fourth-order valence-electron chi connectivity index (χ4n) is 1.40. The monoisotopic (exact) mass is 232 g/mol. The minimum atomic E-state index is -0.365. The van der Waals surface area contributed by atoms with Crippen LogP contribution in [0, 0.1) is 22.7 Å². The first-order valence-electron chi connectivity index (χ1n) is 4.67. The lowest BCUT2D eigenvalue weighted by atomic mass is 10.2. The lowest BCUT2D eigenvalue weighted by Gasteiger charge is -2.07. The average molecular weight is 232 g/mol. The van der Waals surface area contributed by atoms with Crippen LogP contribution in [0.5, 0.6) is 0 Å². The minimum Gasteiger partial charge on any atom is -0.346 e. The van der Waals surface area contributed by atoms with Crippen molar-refractivity contribution >= 4 is 17.4 Å². The first kappa shape index (κ1) is 10.8. The molecule has 16 heavy (non-hydrogen) atoms. The Kier molecular flexibility index (Phi) is 3.33. The van der Waals surface area contributed by atoms with Crippen LogP contribution in [0.25, 0.3) is 6.08 Å². The molecule has 0 spiro atoms. The molecular formula is C11H8N2O2S. The molecule has 1 saturated heterocycles. The number of thiophene rings is 1. The van der Waals surface area contributed by atoms with Gasteiger partial charge in [-0.25, -0.2) is 0 Å². The Labute approximate surface area is 96.9 Å². The molecule has 0 amide bonds. The standard InChI is InChI=1S/C11H8N2O2S/c12-6-8(7-13)5-10-9(1-4-16-10)11-14-2-3-15-11/h1,4-5,11H,2-3H2. The molecule has 1 aromatic heterocycles. The van der Waals surface area contributed by atoms with Gasteiger partial charge in [0.2, 0.25) is 0 Å². The summed E-state index contributed by atoms with van der Waals surface area (Å²) in [6.07, 6.45) is 1.20. The number of allylic oxidation sites excluding steroid dienone is 1. The molecule has 0 aliphatic carbocycles. The quantitative estimate of drug-likeness (QED) is 0.733. The number of hydrogen-bond acceptors (Lipinski definition) is 5. The Morgan fingerprint density at radius 3 is 2.69 bits per heavy atom. The molecule has 1 fully saturated rings. The summed E-state index contributed by atoms with van der Waals surface area (Å²) in [5, 5.41) is 19.3. The third kappa shape index (κ3) is 2.12. The molecule has 0 aromatic carbocycles. The molecule has 1 aliphatic heterocycles. The summed E-state index contributed by atoms with van der Waals surface area (Å²) in [4.78, 5) is 0.838. The molecule has 0 unspecified atom stereocenters. The molecule has 0 atom stereocenters. The maximum absolute atomic E-state index is 8.68. The number of rotatable bonds is 2. The first-order valence-corrected chi connectivity index (χ1v) is 5.55. The van der Waals surface area contributed by atoms with E-state index < -0.39 is 0 Å². The van der Waals surface area contributed by atoms with Crippen molar-refractivity contribution in [2.75, 3.05) is 13.2 Å². The van der Waals surface area contributed by atoms with Gasteiger partial charge in [-0.1, -0.05) is 0 Å². The third-order valence-corrected chi connectivity index (χ3v) is 3.00. The Balaban J connectivity index is 2.30. The summed E-state index contributed by atoms with van der Waals surface area (Å²) >= 11 is 1.46. The summed E-state index contributed by atoms with van der Waals surface area (Å²) in [6.45, 7) is 1.15. The van der Waals surface area contributed by atoms with Gasteiger partial charge in [-0.05, 0) is 17.5 Å². The minimum absolute atomic E-state index is 0.0849. The molecule has 2 rings (SSSR count). The highest BCUT2D eigenvalue weighted by molar-refractivity contribution is 7.11. The molecule has 5 heteroatoms. The van der Waals surface area contributed by atoms with Crippen molar-refractivity contribution in [3.63, 3.8) is 0 Å². The van der Waals surface area contributed by atoms with E-state index in [2.05, 4.69) is 0 Å². The number of hydrogen-bond donors (Lipinski definition) is 0. The van der Waals surface area contributed by atoms with Crippen molar-refractivity contribution in [2.45, 2.75) is 6.29 Å². The van der Waals surface area contributed by atoms with E-state index in [-0.39, 0.29) is 11.9 Å². The highest BCUT2D eigenvalue weighted by Crippen LogP contribution is 2.31. The zero-order valence-electron chi connectivity index (χ0n) is 8.34. The zero-order valence-corrected chi connectivity index (χ0v) is 9.16. The van der Waals surface area contributed by atoms with E-state index in [1.165, 1.54) is 11.3 Å². The molecule has 1 aromatic rings. The molecule has 80 valence electrons. The van der Waals surface area contributed by atoms with Crippen molar-refractivity contribution in [1.29, 1.82) is 10.5 Å². The third-order valence-electron chi connectivity index (χ3n) is 2.12. The van der Waals surface area contributed by atoms with E-state index in [1.54, 1.807) is 6.08 Å². The smallest absolute Gasteiger partial charge is 0.185 e. The van der Waals surface area contributed by atoms with Gasteiger partial charge in [0.15, 0.2) is 6.29 Å². The molecule has 0 radical (unpaired) electrons. The van der Waals surface area contributed by atoms with Crippen molar-refractivity contribution in [3.05, 3.63) is 27.5 Å². The maximum atomic E-state index is 8.68. The summed E-state index contributed by atoms with van der Waals surface area (Å²) in [6, 6.07) is 5.55. The van der Waals surface area contributed by atoms with Crippen LogP contribution in [0.3, 0.4) is 0 Å². The van der Waals surface area contributed by atoms with Crippen LogP contribution >= 0.6 is 11.3 Å². The van der Waals surface area contributed by atoms with Gasteiger partial charge in [-0.15, -0.1) is 11.3 Å². The van der Waals surface area contributed by atoms with Gasteiger partial charge >= 0.3 is 0 Å². The highest BCUT2D eigenvalue weighted by atomic mass is 32.1. The Morgan fingerprint density at radius 1 is 1.38 bits per heavy atom. The van der Waals surface area contributed by atoms with Gasteiger partial charge in [-0.2, -0.15) is 10.5 Å². The molecule has 1 aliphatic rings. The van der Waals surface area contributed by atoms with Crippen molar-refractivity contribution in [3.8, 4) is 12.1 Å². The van der Waals surface area contributed by atoms with Crippen LogP contribution in [0.1, 0.15) is 16.7 Å². The molecule has 4 nitrogen and oxygen atoms in total. The lowest BCUT2D eigenvalue weighted by Crippen LogP contribution is -1.97. The van der Waals surface area contributed by atoms with E-state index in [1.807, 2.05) is 23.6 Å². The Morgan fingerprint density at radius 2 is 2.06 bits per heavy atom. The molecule has 2 heterocycles. The van der Waals surface area contributed by atoms with Gasteiger partial charge in [0.05, 0.1) is 13.2 Å². The summed E-state index contributed by atoms with van der Waals surface area (Å²) in [5.74, 6) is 0. The number of nitrogens with zero attached hydrogens (tertiary/aromatic N) is 2.